The van der Waals surface area contributed by atoms with Gasteiger partial charge in [-0.05, 0) is 38.3 Å². The Morgan fingerprint density at radius 1 is 1.30 bits per heavy atom. The van der Waals surface area contributed by atoms with Gasteiger partial charge in [0.2, 0.25) is 8.32 Å². The molecule has 1 aliphatic heterocycles. The first-order valence-electron chi connectivity index (χ1n) is 7.94. The fraction of sp³-hybridized carbons (Fsp3) is 0.500. The van der Waals surface area contributed by atoms with Gasteiger partial charge in [-0.1, -0.05) is 33.4 Å². The van der Waals surface area contributed by atoms with E-state index >= 15 is 0 Å². The number of carbonyl (C=O) groups excluding carboxylic acids is 1. The number of amides is 1. The Balaban J connectivity index is 2.42. The molecule has 0 radical (unpaired) electrons. The highest BCUT2D eigenvalue weighted by molar-refractivity contribution is 6.74. The van der Waals surface area contributed by atoms with Crippen LogP contribution in [0.5, 0.6) is 5.75 Å². The maximum Gasteiger partial charge on any atom is 0.253 e. The van der Waals surface area contributed by atoms with Gasteiger partial charge in [-0.3, -0.25) is 14.6 Å². The van der Waals surface area contributed by atoms with Crippen LogP contribution in [0.2, 0.25) is 18.1 Å². The molecule has 0 saturated carbocycles. The Morgan fingerprint density at radius 3 is 2.39 bits per heavy atom. The van der Waals surface area contributed by atoms with Crippen molar-refractivity contribution in [2.45, 2.75) is 44.9 Å². The molecule has 0 saturated heterocycles. The second-order valence-corrected chi connectivity index (χ2v) is 12.6. The summed E-state index contributed by atoms with van der Waals surface area (Å²) in [5.74, 6) is 0.860. The molecule has 1 unspecified atom stereocenters. The van der Waals surface area contributed by atoms with Crippen LogP contribution in [0, 0.1) is 0 Å². The molecule has 126 valence electrons. The molecule has 0 N–H and O–H groups in total. The first kappa shape index (κ1) is 17.8. The minimum Gasteiger partial charge on any atom is -0.543 e. The number of hydrogen-bond acceptors (Lipinski definition) is 3. The number of hydrogen-bond donors (Lipinski definition) is 0. The van der Waals surface area contributed by atoms with Crippen molar-refractivity contribution >= 4 is 19.9 Å². The fourth-order valence-corrected chi connectivity index (χ4v) is 3.57. The molecule has 0 bridgehead atoms. The van der Waals surface area contributed by atoms with Crippen LogP contribution in [0.15, 0.2) is 31.0 Å². The van der Waals surface area contributed by atoms with Gasteiger partial charge in [0.25, 0.3) is 5.91 Å². The number of nitrogens with zero attached hydrogens (tertiary/aromatic N) is 2. The van der Waals surface area contributed by atoms with Crippen molar-refractivity contribution in [3.63, 3.8) is 0 Å². The summed E-state index contributed by atoms with van der Waals surface area (Å²) in [6, 6.07) is 5.70. The van der Waals surface area contributed by atoms with Gasteiger partial charge >= 0.3 is 0 Å². The van der Waals surface area contributed by atoms with Crippen molar-refractivity contribution in [2.75, 3.05) is 19.0 Å². The van der Waals surface area contributed by atoms with Crippen LogP contribution in [0.4, 0.5) is 5.69 Å². The van der Waals surface area contributed by atoms with Gasteiger partial charge in [-0.2, -0.15) is 0 Å². The lowest BCUT2D eigenvalue weighted by Crippen LogP contribution is -2.43. The Kier molecular flexibility index (Phi) is 4.48. The lowest BCUT2D eigenvalue weighted by atomic mass is 10.1. The van der Waals surface area contributed by atoms with Gasteiger partial charge in [0, 0.05) is 17.8 Å². The maximum atomic E-state index is 12.6. The van der Waals surface area contributed by atoms with Crippen molar-refractivity contribution in [3.8, 4) is 5.75 Å². The quantitative estimate of drug-likeness (QED) is 0.776. The molecule has 4 nitrogen and oxygen atoms in total. The van der Waals surface area contributed by atoms with Crippen molar-refractivity contribution < 1.29 is 9.22 Å². The highest BCUT2D eigenvalue weighted by Gasteiger charge is 2.41. The summed E-state index contributed by atoms with van der Waals surface area (Å²) in [5, 5.41) is 0.131. The molecule has 1 aliphatic rings. The average molecular weight is 333 g/mol. The van der Waals surface area contributed by atoms with Gasteiger partial charge in [0.1, 0.15) is 11.8 Å². The highest BCUT2D eigenvalue weighted by atomic mass is 28.4. The van der Waals surface area contributed by atoms with E-state index in [2.05, 4.69) is 40.4 Å². The summed E-state index contributed by atoms with van der Waals surface area (Å²) < 4.78 is 6.37. The largest absolute Gasteiger partial charge is 0.543 e. The standard InChI is InChI=1S/C18H28N2O2Si/c1-9-20-15-12-13(22-23(7,8)18(2,3)4)10-11-14(15)16(17(20)21)19(5)6/h9-12,16H,1H2,2-8H3. The molecule has 2 rings (SSSR count). The molecule has 0 spiro atoms. The summed E-state index contributed by atoms with van der Waals surface area (Å²) in [4.78, 5) is 16.1. The van der Waals surface area contributed by atoms with E-state index in [4.69, 9.17) is 4.43 Å². The summed E-state index contributed by atoms with van der Waals surface area (Å²) in [5.41, 5.74) is 1.88. The minimum atomic E-state index is -1.91. The van der Waals surface area contributed by atoms with E-state index in [9.17, 15) is 4.79 Å². The van der Waals surface area contributed by atoms with Crippen LogP contribution in [0.25, 0.3) is 0 Å². The Bertz CT molecular complexity index is 632. The predicted molar refractivity (Wildman–Crippen MR) is 98.4 cm³/mol. The second kappa shape index (κ2) is 5.80. The number of anilines is 1. The van der Waals surface area contributed by atoms with Gasteiger partial charge in [0.05, 0.1) is 5.69 Å². The van der Waals surface area contributed by atoms with Crippen molar-refractivity contribution in [2.24, 2.45) is 0 Å². The molecule has 1 atom stereocenters. The normalized spacial score (nSPS) is 18.3. The number of fused-ring (bicyclic) bond motifs is 1. The van der Waals surface area contributed by atoms with E-state index in [1.54, 1.807) is 11.1 Å². The number of likely N-dealkylation sites (N-methyl/N-ethyl adjacent to an activating group) is 1. The molecule has 0 fully saturated rings. The Morgan fingerprint density at radius 2 is 1.91 bits per heavy atom. The summed E-state index contributed by atoms with van der Waals surface area (Å²) >= 11 is 0. The summed E-state index contributed by atoms with van der Waals surface area (Å²) in [7, 11) is 1.93. The van der Waals surface area contributed by atoms with Gasteiger partial charge in [-0.25, -0.2) is 0 Å². The molecule has 1 heterocycles. The molecular weight excluding hydrogens is 304 g/mol. The fourth-order valence-electron chi connectivity index (χ4n) is 2.55. The van der Waals surface area contributed by atoms with Crippen molar-refractivity contribution in [1.82, 2.24) is 4.90 Å². The lowest BCUT2D eigenvalue weighted by molar-refractivity contribution is -0.121. The topological polar surface area (TPSA) is 32.8 Å². The first-order chi connectivity index (χ1) is 10.5. The summed E-state index contributed by atoms with van der Waals surface area (Å²) in [6.45, 7) is 14.9. The lowest BCUT2D eigenvalue weighted by Gasteiger charge is -2.36. The molecule has 0 aromatic heterocycles. The third-order valence-corrected chi connectivity index (χ3v) is 9.26. The zero-order chi connectivity index (χ0) is 17.6. The molecule has 0 aliphatic carbocycles. The van der Waals surface area contributed by atoms with Crippen LogP contribution in [-0.2, 0) is 4.79 Å². The van der Waals surface area contributed by atoms with E-state index in [1.165, 1.54) is 0 Å². The van der Waals surface area contributed by atoms with Crippen LogP contribution in [-0.4, -0.2) is 33.2 Å². The van der Waals surface area contributed by atoms with Crippen molar-refractivity contribution in [3.05, 3.63) is 36.5 Å². The number of rotatable bonds is 4. The van der Waals surface area contributed by atoms with Gasteiger partial charge in [-0.15, -0.1) is 0 Å². The van der Waals surface area contributed by atoms with E-state index in [0.29, 0.717) is 0 Å². The van der Waals surface area contributed by atoms with E-state index in [-0.39, 0.29) is 17.0 Å². The van der Waals surface area contributed by atoms with Crippen LogP contribution in [0.1, 0.15) is 32.4 Å². The average Bonchev–Trinajstić information content (AvgIpc) is 2.67. The SMILES string of the molecule is C=CN1C(=O)C(N(C)C)c2ccc(O[Si](C)(C)C(C)(C)C)cc21. The molecule has 1 aromatic carbocycles. The smallest absolute Gasteiger partial charge is 0.253 e. The molecule has 1 amide bonds. The van der Waals surface area contributed by atoms with E-state index < -0.39 is 8.32 Å². The van der Waals surface area contributed by atoms with E-state index in [1.807, 2.05) is 37.2 Å². The van der Waals surface area contributed by atoms with Crippen LogP contribution in [0.3, 0.4) is 0 Å². The second-order valence-electron chi connectivity index (χ2n) is 7.84. The maximum absolute atomic E-state index is 12.6. The molecular formula is C18H28N2O2Si. The predicted octanol–water partition coefficient (Wildman–Crippen LogP) is 4.16. The minimum absolute atomic E-state index is 0.0319. The van der Waals surface area contributed by atoms with Crippen LogP contribution >= 0.6 is 0 Å². The van der Waals surface area contributed by atoms with E-state index in [0.717, 1.165) is 17.0 Å². The number of carbonyl (C=O) groups is 1. The van der Waals surface area contributed by atoms with Gasteiger partial charge < -0.3 is 4.43 Å². The van der Waals surface area contributed by atoms with Crippen molar-refractivity contribution in [1.29, 1.82) is 0 Å². The van der Waals surface area contributed by atoms with Gasteiger partial charge in [0.15, 0.2) is 0 Å². The monoisotopic (exact) mass is 332 g/mol. The zero-order valence-corrected chi connectivity index (χ0v) is 16.3. The highest BCUT2D eigenvalue weighted by Crippen LogP contribution is 2.43. The Labute approximate surface area is 140 Å². The molecule has 1 aromatic rings. The molecule has 5 heteroatoms. The third-order valence-electron chi connectivity index (χ3n) is 4.91. The zero-order valence-electron chi connectivity index (χ0n) is 15.3. The van der Waals surface area contributed by atoms with Crippen LogP contribution < -0.4 is 9.33 Å². The summed E-state index contributed by atoms with van der Waals surface area (Å²) in [6.07, 6.45) is 1.58. The number of benzene rings is 1. The Hall–Kier alpha value is -1.59. The molecule has 23 heavy (non-hydrogen) atoms. The first-order valence-corrected chi connectivity index (χ1v) is 10.9. The third kappa shape index (κ3) is 3.08.